The summed E-state index contributed by atoms with van der Waals surface area (Å²) in [5.74, 6) is -1.49. The quantitative estimate of drug-likeness (QED) is 0.843. The highest BCUT2D eigenvalue weighted by Gasteiger charge is 2.20. The molecule has 6 heteroatoms. The van der Waals surface area contributed by atoms with E-state index in [1.165, 1.54) is 12.3 Å². The number of aromatic nitrogens is 1. The number of unbranched alkanes of at least 4 members (excludes halogenated alkanes) is 1. The molecule has 1 rings (SSSR count). The van der Waals surface area contributed by atoms with Crippen molar-refractivity contribution >= 4 is 27.8 Å². The number of halogens is 1. The third-order valence-corrected chi connectivity index (χ3v) is 2.88. The Bertz CT molecular complexity index is 420. The number of nitrogens with one attached hydrogen (secondary N) is 1. The van der Waals surface area contributed by atoms with Crippen molar-refractivity contribution in [3.63, 3.8) is 0 Å². The molecule has 0 saturated heterocycles. The summed E-state index contributed by atoms with van der Waals surface area (Å²) in [6.45, 7) is 1.97. The summed E-state index contributed by atoms with van der Waals surface area (Å²) in [5, 5.41) is 11.5. The lowest BCUT2D eigenvalue weighted by Crippen LogP contribution is -2.41. The van der Waals surface area contributed by atoms with Crippen molar-refractivity contribution in [2.24, 2.45) is 0 Å². The number of amides is 1. The first-order valence-corrected chi connectivity index (χ1v) is 6.49. The van der Waals surface area contributed by atoms with Gasteiger partial charge >= 0.3 is 5.97 Å². The van der Waals surface area contributed by atoms with E-state index in [1.807, 2.05) is 6.92 Å². The van der Waals surface area contributed by atoms with Gasteiger partial charge in [0.15, 0.2) is 0 Å². The molecule has 1 aromatic heterocycles. The Morgan fingerprint density at radius 3 is 2.72 bits per heavy atom. The van der Waals surface area contributed by atoms with Gasteiger partial charge in [0.2, 0.25) is 0 Å². The van der Waals surface area contributed by atoms with Gasteiger partial charge in [0.25, 0.3) is 5.91 Å². The molecule has 2 N–H and O–H groups in total. The number of hydrogen-bond acceptors (Lipinski definition) is 3. The van der Waals surface area contributed by atoms with Gasteiger partial charge in [-0.05, 0) is 34.5 Å². The summed E-state index contributed by atoms with van der Waals surface area (Å²) in [7, 11) is 0. The second-order valence-electron chi connectivity index (χ2n) is 3.87. The summed E-state index contributed by atoms with van der Waals surface area (Å²) >= 11 is 3.21. The van der Waals surface area contributed by atoms with E-state index in [1.54, 1.807) is 6.07 Å². The molecule has 1 atom stereocenters. The van der Waals surface area contributed by atoms with Crippen molar-refractivity contribution in [1.82, 2.24) is 10.3 Å². The largest absolute Gasteiger partial charge is 0.480 e. The first kappa shape index (κ1) is 14.6. The Kier molecular flexibility index (Phi) is 5.77. The van der Waals surface area contributed by atoms with Crippen LogP contribution >= 0.6 is 15.9 Å². The van der Waals surface area contributed by atoms with Gasteiger partial charge in [-0.3, -0.25) is 4.79 Å². The van der Waals surface area contributed by atoms with Crippen LogP contribution in [0.2, 0.25) is 0 Å². The predicted molar refractivity (Wildman–Crippen MR) is 70.4 cm³/mol. The van der Waals surface area contributed by atoms with Crippen LogP contribution in [0.1, 0.15) is 36.7 Å². The fraction of sp³-hybridized carbons (Fsp3) is 0.417. The molecule has 0 spiro atoms. The van der Waals surface area contributed by atoms with Crippen LogP contribution in [0.15, 0.2) is 22.8 Å². The number of carboxylic acid groups (broad SMARTS) is 1. The topological polar surface area (TPSA) is 79.3 Å². The molecule has 5 nitrogen and oxygen atoms in total. The van der Waals surface area contributed by atoms with E-state index in [9.17, 15) is 9.59 Å². The van der Waals surface area contributed by atoms with Gasteiger partial charge in [-0.2, -0.15) is 0 Å². The zero-order chi connectivity index (χ0) is 13.5. The Balaban J connectivity index is 2.66. The highest BCUT2D eigenvalue weighted by Crippen LogP contribution is 2.08. The average Bonchev–Trinajstić information content (AvgIpc) is 2.34. The van der Waals surface area contributed by atoms with Crippen molar-refractivity contribution in [3.05, 3.63) is 28.5 Å². The smallest absolute Gasteiger partial charge is 0.326 e. The molecule has 0 radical (unpaired) electrons. The average molecular weight is 315 g/mol. The van der Waals surface area contributed by atoms with Crippen molar-refractivity contribution in [2.45, 2.75) is 32.2 Å². The van der Waals surface area contributed by atoms with Gasteiger partial charge in [0.1, 0.15) is 11.7 Å². The summed E-state index contributed by atoms with van der Waals surface area (Å²) in [6, 6.07) is 2.37. The molecule has 0 aliphatic heterocycles. The number of aliphatic carboxylic acids is 1. The molecular weight excluding hydrogens is 300 g/mol. The van der Waals surface area contributed by atoms with Crippen LogP contribution in [0, 0.1) is 0 Å². The minimum Gasteiger partial charge on any atom is -0.480 e. The monoisotopic (exact) mass is 314 g/mol. The minimum atomic E-state index is -1.02. The Labute approximate surface area is 114 Å². The van der Waals surface area contributed by atoms with Crippen molar-refractivity contribution in [2.75, 3.05) is 0 Å². The van der Waals surface area contributed by atoms with E-state index in [2.05, 4.69) is 26.2 Å². The standard InChI is InChI=1S/C12H15BrN2O3/c1-2-3-4-10(12(17)18)15-11(16)9-6-5-8(13)7-14-9/h5-7,10H,2-4H2,1H3,(H,15,16)(H,17,18)/t10-/m0/s1. The van der Waals surface area contributed by atoms with Crippen molar-refractivity contribution in [1.29, 1.82) is 0 Å². The normalized spacial score (nSPS) is 11.9. The maximum atomic E-state index is 11.8. The first-order chi connectivity index (χ1) is 8.54. The van der Waals surface area contributed by atoms with E-state index in [0.29, 0.717) is 6.42 Å². The molecular formula is C12H15BrN2O3. The Morgan fingerprint density at radius 2 is 2.22 bits per heavy atom. The molecule has 0 aliphatic rings. The summed E-state index contributed by atoms with van der Waals surface area (Å²) in [5.41, 5.74) is 0.209. The van der Waals surface area contributed by atoms with Gasteiger partial charge < -0.3 is 10.4 Å². The number of rotatable bonds is 6. The summed E-state index contributed by atoms with van der Waals surface area (Å²) < 4.78 is 0.764. The highest BCUT2D eigenvalue weighted by atomic mass is 79.9. The molecule has 0 aromatic carbocycles. The number of nitrogens with zero attached hydrogens (tertiary/aromatic N) is 1. The Morgan fingerprint density at radius 1 is 1.50 bits per heavy atom. The van der Waals surface area contributed by atoms with Gasteiger partial charge in [0, 0.05) is 10.7 Å². The molecule has 0 aliphatic carbocycles. The fourth-order valence-electron chi connectivity index (χ4n) is 1.41. The zero-order valence-corrected chi connectivity index (χ0v) is 11.6. The van der Waals surface area contributed by atoms with Crippen LogP contribution in [-0.2, 0) is 4.79 Å². The lowest BCUT2D eigenvalue weighted by Gasteiger charge is -2.13. The second-order valence-corrected chi connectivity index (χ2v) is 4.78. The molecule has 98 valence electrons. The number of carbonyl (C=O) groups is 2. The van der Waals surface area contributed by atoms with E-state index in [4.69, 9.17) is 5.11 Å². The number of carboxylic acids is 1. The summed E-state index contributed by atoms with van der Waals surface area (Å²) in [4.78, 5) is 26.7. The maximum Gasteiger partial charge on any atom is 0.326 e. The van der Waals surface area contributed by atoms with Gasteiger partial charge in [-0.25, -0.2) is 9.78 Å². The summed E-state index contributed by atoms with van der Waals surface area (Å²) in [6.07, 6.45) is 3.56. The Hall–Kier alpha value is -1.43. The molecule has 1 amide bonds. The van der Waals surface area contributed by atoms with Crippen LogP contribution in [0.4, 0.5) is 0 Å². The predicted octanol–water partition coefficient (Wildman–Crippen LogP) is 2.22. The van der Waals surface area contributed by atoms with E-state index in [-0.39, 0.29) is 5.69 Å². The minimum absolute atomic E-state index is 0.209. The van der Waals surface area contributed by atoms with Gasteiger partial charge in [-0.1, -0.05) is 19.8 Å². The molecule has 18 heavy (non-hydrogen) atoms. The van der Waals surface area contributed by atoms with Crippen molar-refractivity contribution in [3.8, 4) is 0 Å². The SMILES string of the molecule is CCCC[C@H](NC(=O)c1ccc(Br)cn1)C(=O)O. The molecule has 1 heterocycles. The second kappa shape index (κ2) is 7.10. The van der Waals surface area contributed by atoms with Crippen LogP contribution in [0.3, 0.4) is 0 Å². The third kappa shape index (κ3) is 4.44. The fourth-order valence-corrected chi connectivity index (χ4v) is 1.64. The van der Waals surface area contributed by atoms with Crippen LogP contribution in [0.5, 0.6) is 0 Å². The maximum absolute atomic E-state index is 11.8. The molecule has 1 aromatic rings. The van der Waals surface area contributed by atoms with Crippen molar-refractivity contribution < 1.29 is 14.7 Å². The van der Waals surface area contributed by atoms with Gasteiger partial charge in [-0.15, -0.1) is 0 Å². The highest BCUT2D eigenvalue weighted by molar-refractivity contribution is 9.10. The lowest BCUT2D eigenvalue weighted by atomic mass is 10.1. The van der Waals surface area contributed by atoms with E-state index >= 15 is 0 Å². The zero-order valence-electron chi connectivity index (χ0n) is 10.0. The first-order valence-electron chi connectivity index (χ1n) is 5.69. The van der Waals surface area contributed by atoms with E-state index < -0.39 is 17.9 Å². The number of carbonyl (C=O) groups excluding carboxylic acids is 1. The van der Waals surface area contributed by atoms with Crippen LogP contribution in [0.25, 0.3) is 0 Å². The molecule has 0 unspecified atom stereocenters. The number of pyridine rings is 1. The molecule has 0 bridgehead atoms. The van der Waals surface area contributed by atoms with Crippen LogP contribution in [-0.4, -0.2) is 28.0 Å². The molecule has 0 fully saturated rings. The number of hydrogen-bond donors (Lipinski definition) is 2. The van der Waals surface area contributed by atoms with Gasteiger partial charge in [0.05, 0.1) is 0 Å². The lowest BCUT2D eigenvalue weighted by molar-refractivity contribution is -0.139. The molecule has 0 saturated carbocycles. The van der Waals surface area contributed by atoms with E-state index in [0.717, 1.165) is 17.3 Å². The third-order valence-electron chi connectivity index (χ3n) is 2.41. The van der Waals surface area contributed by atoms with Crippen LogP contribution < -0.4 is 5.32 Å².